The summed E-state index contributed by atoms with van der Waals surface area (Å²) in [5.74, 6) is -1.78. The van der Waals surface area contributed by atoms with E-state index in [0.29, 0.717) is 11.8 Å². The summed E-state index contributed by atoms with van der Waals surface area (Å²) in [5, 5.41) is 0.756. The summed E-state index contributed by atoms with van der Waals surface area (Å²) in [5.41, 5.74) is 11.6. The largest absolute Gasteiger partial charge is 0.573 e. The van der Waals surface area contributed by atoms with E-state index in [1.807, 2.05) is 0 Å². The molecule has 12 heteroatoms. The number of hydrogen-bond acceptors (Lipinski definition) is 8. The minimum atomic E-state index is -4.99. The van der Waals surface area contributed by atoms with Gasteiger partial charge in [-0.05, 0) is 35.6 Å². The Morgan fingerprint density at radius 1 is 1.34 bits per heavy atom. The number of rotatable bonds is 8. The van der Waals surface area contributed by atoms with Gasteiger partial charge in [0.25, 0.3) is 0 Å². The van der Waals surface area contributed by atoms with E-state index >= 15 is 0 Å². The molecular formula is C20H23F3N4O5. The van der Waals surface area contributed by atoms with Gasteiger partial charge < -0.3 is 30.6 Å². The van der Waals surface area contributed by atoms with Crippen molar-refractivity contribution in [2.45, 2.75) is 31.3 Å². The van der Waals surface area contributed by atoms with Gasteiger partial charge in [0.1, 0.15) is 24.2 Å². The molecule has 0 saturated carbocycles. The average Bonchev–Trinajstić information content (AvgIpc) is 3.04. The van der Waals surface area contributed by atoms with E-state index in [9.17, 15) is 22.8 Å². The van der Waals surface area contributed by atoms with Gasteiger partial charge in [0.15, 0.2) is 0 Å². The van der Waals surface area contributed by atoms with Crippen LogP contribution in [0, 0.1) is 0 Å². The molecule has 0 spiro atoms. The van der Waals surface area contributed by atoms with Crippen LogP contribution in [0.15, 0.2) is 24.4 Å². The fraction of sp³-hybridized carbons (Fsp3) is 0.450. The second-order valence-electron chi connectivity index (χ2n) is 7.23. The third kappa shape index (κ3) is 5.37. The van der Waals surface area contributed by atoms with E-state index in [1.54, 1.807) is 6.07 Å². The maximum absolute atomic E-state index is 13.1. The van der Waals surface area contributed by atoms with E-state index in [-0.39, 0.29) is 42.9 Å². The number of anilines is 1. The summed E-state index contributed by atoms with van der Waals surface area (Å²) in [7, 11) is 1.42. The van der Waals surface area contributed by atoms with Gasteiger partial charge in [-0.1, -0.05) is 0 Å². The SMILES string of the molecule is COCCOC(=O)C(Cc1cc2ccnc(N)c2cc1OC(F)(F)F)N1CC[C@H](N)C1=O. The first kappa shape index (κ1) is 23.5. The van der Waals surface area contributed by atoms with Crippen molar-refractivity contribution in [3.63, 3.8) is 0 Å². The number of hydrogen-bond donors (Lipinski definition) is 2. The first-order valence-corrected chi connectivity index (χ1v) is 9.75. The summed E-state index contributed by atoms with van der Waals surface area (Å²) in [6.07, 6.45) is -3.55. The van der Waals surface area contributed by atoms with Gasteiger partial charge in [0, 0.05) is 31.7 Å². The highest BCUT2D eigenvalue weighted by molar-refractivity contribution is 5.93. The van der Waals surface area contributed by atoms with Gasteiger partial charge in [-0.25, -0.2) is 9.78 Å². The number of halogens is 3. The number of likely N-dealkylation sites (tertiary alicyclic amines) is 1. The molecule has 32 heavy (non-hydrogen) atoms. The van der Waals surface area contributed by atoms with Gasteiger partial charge in [0.05, 0.1) is 12.6 Å². The van der Waals surface area contributed by atoms with Crippen LogP contribution in [-0.2, 0) is 25.5 Å². The molecule has 1 fully saturated rings. The van der Waals surface area contributed by atoms with Crippen LogP contribution in [0.3, 0.4) is 0 Å². The molecular weight excluding hydrogens is 433 g/mol. The first-order chi connectivity index (χ1) is 15.1. The van der Waals surface area contributed by atoms with E-state index in [2.05, 4.69) is 9.72 Å². The average molecular weight is 456 g/mol. The molecule has 4 N–H and O–H groups in total. The van der Waals surface area contributed by atoms with Crippen molar-refractivity contribution in [1.82, 2.24) is 9.88 Å². The molecule has 3 rings (SSSR count). The Morgan fingerprint density at radius 3 is 2.72 bits per heavy atom. The Balaban J connectivity index is 2.01. The molecule has 1 aromatic heterocycles. The maximum Gasteiger partial charge on any atom is 0.573 e. The summed E-state index contributed by atoms with van der Waals surface area (Å²) in [6.45, 7) is 0.215. The molecule has 1 saturated heterocycles. The maximum atomic E-state index is 13.1. The van der Waals surface area contributed by atoms with E-state index in [4.69, 9.17) is 20.9 Å². The highest BCUT2D eigenvalue weighted by atomic mass is 19.4. The van der Waals surface area contributed by atoms with Crippen LogP contribution in [0.5, 0.6) is 5.75 Å². The second kappa shape index (κ2) is 9.57. The molecule has 1 amide bonds. The number of benzene rings is 1. The molecule has 1 aliphatic rings. The van der Waals surface area contributed by atoms with Crippen LogP contribution >= 0.6 is 0 Å². The molecule has 2 heterocycles. The topological polar surface area (TPSA) is 130 Å². The zero-order valence-electron chi connectivity index (χ0n) is 17.2. The minimum Gasteiger partial charge on any atom is -0.462 e. The van der Waals surface area contributed by atoms with Crippen LogP contribution in [0.4, 0.5) is 19.0 Å². The molecule has 2 aromatic rings. The van der Waals surface area contributed by atoms with Crippen molar-refractivity contribution >= 4 is 28.5 Å². The first-order valence-electron chi connectivity index (χ1n) is 9.75. The normalized spacial score (nSPS) is 17.6. The molecule has 2 atom stereocenters. The number of esters is 1. The number of amides is 1. The zero-order valence-corrected chi connectivity index (χ0v) is 17.2. The number of nitrogen functional groups attached to an aromatic ring is 1. The van der Waals surface area contributed by atoms with Crippen LogP contribution in [0.1, 0.15) is 12.0 Å². The lowest BCUT2D eigenvalue weighted by Crippen LogP contribution is -2.47. The Kier molecular flexibility index (Phi) is 7.04. The number of fused-ring (bicyclic) bond motifs is 1. The van der Waals surface area contributed by atoms with Gasteiger partial charge in [0.2, 0.25) is 5.91 Å². The highest BCUT2D eigenvalue weighted by Crippen LogP contribution is 2.34. The lowest BCUT2D eigenvalue weighted by molar-refractivity contribution is -0.274. The van der Waals surface area contributed by atoms with E-state index in [0.717, 1.165) is 6.07 Å². The number of nitrogens with zero attached hydrogens (tertiary/aromatic N) is 2. The Bertz CT molecular complexity index is 1000. The van der Waals surface area contributed by atoms with Gasteiger partial charge in [-0.3, -0.25) is 4.79 Å². The molecule has 174 valence electrons. The van der Waals surface area contributed by atoms with Crippen molar-refractivity contribution in [3.8, 4) is 5.75 Å². The quantitative estimate of drug-likeness (QED) is 0.450. The number of pyridine rings is 1. The highest BCUT2D eigenvalue weighted by Gasteiger charge is 2.39. The van der Waals surface area contributed by atoms with Crippen molar-refractivity contribution < 1.29 is 37.0 Å². The predicted octanol–water partition coefficient (Wildman–Crippen LogP) is 1.38. The fourth-order valence-electron chi connectivity index (χ4n) is 3.54. The molecule has 0 aliphatic carbocycles. The fourth-order valence-corrected chi connectivity index (χ4v) is 3.54. The van der Waals surface area contributed by atoms with Gasteiger partial charge in [-0.15, -0.1) is 13.2 Å². The number of alkyl halides is 3. The molecule has 0 radical (unpaired) electrons. The van der Waals surface area contributed by atoms with E-state index in [1.165, 1.54) is 24.3 Å². The number of nitrogens with two attached hydrogens (primary N) is 2. The number of carbonyl (C=O) groups excluding carboxylic acids is 2. The predicted molar refractivity (Wildman–Crippen MR) is 107 cm³/mol. The van der Waals surface area contributed by atoms with Crippen molar-refractivity contribution in [1.29, 1.82) is 0 Å². The number of methoxy groups -OCH3 is 1. The lowest BCUT2D eigenvalue weighted by Gasteiger charge is -2.27. The minimum absolute atomic E-state index is 0.0253. The molecule has 1 unspecified atom stereocenters. The summed E-state index contributed by atoms with van der Waals surface area (Å²) in [4.78, 5) is 30.3. The van der Waals surface area contributed by atoms with Crippen LogP contribution in [0.2, 0.25) is 0 Å². The van der Waals surface area contributed by atoms with E-state index < -0.39 is 36.1 Å². The smallest absolute Gasteiger partial charge is 0.462 e. The Labute approximate surface area is 181 Å². The molecule has 0 bridgehead atoms. The molecule has 1 aromatic carbocycles. The van der Waals surface area contributed by atoms with Crippen molar-refractivity contribution in [3.05, 3.63) is 30.0 Å². The van der Waals surface area contributed by atoms with Crippen LogP contribution in [0.25, 0.3) is 10.8 Å². The third-order valence-electron chi connectivity index (χ3n) is 5.08. The molecule has 9 nitrogen and oxygen atoms in total. The van der Waals surface area contributed by atoms with Crippen molar-refractivity contribution in [2.24, 2.45) is 5.73 Å². The monoisotopic (exact) mass is 456 g/mol. The zero-order chi connectivity index (χ0) is 23.5. The van der Waals surface area contributed by atoms with Crippen LogP contribution in [-0.4, -0.2) is 67.1 Å². The molecule has 1 aliphatic heterocycles. The Hall–Kier alpha value is -3.12. The number of ether oxygens (including phenoxy) is 3. The van der Waals surface area contributed by atoms with Crippen LogP contribution < -0.4 is 16.2 Å². The summed E-state index contributed by atoms with van der Waals surface area (Å²) < 4.78 is 53.5. The summed E-state index contributed by atoms with van der Waals surface area (Å²) >= 11 is 0. The lowest BCUT2D eigenvalue weighted by atomic mass is 10.00. The number of carbonyl (C=O) groups is 2. The Morgan fingerprint density at radius 2 is 2.09 bits per heavy atom. The summed E-state index contributed by atoms with van der Waals surface area (Å²) in [6, 6.07) is 2.11. The number of aromatic nitrogens is 1. The second-order valence-corrected chi connectivity index (χ2v) is 7.23. The van der Waals surface area contributed by atoms with Gasteiger partial charge in [-0.2, -0.15) is 0 Å². The van der Waals surface area contributed by atoms with Gasteiger partial charge >= 0.3 is 12.3 Å². The van der Waals surface area contributed by atoms with Crippen molar-refractivity contribution in [2.75, 3.05) is 32.6 Å². The third-order valence-corrected chi connectivity index (χ3v) is 5.08. The standard InChI is InChI=1S/C20H23F3N4O5/c1-30-6-7-31-19(29)15(27-5-3-14(24)18(27)28)9-12-8-11-2-4-26-17(25)13(11)10-16(12)32-20(21,22)23/h2,4,8,10,14-15H,3,5-7,9,24H2,1H3,(H2,25,26)/t14-,15?/m0/s1.